The molecule has 3 rings (SSSR count). The molecule has 1 atom stereocenters. The van der Waals surface area contributed by atoms with Crippen LogP contribution >= 0.6 is 0 Å². The Kier molecular flexibility index (Phi) is 3.51. The quantitative estimate of drug-likeness (QED) is 0.836. The van der Waals surface area contributed by atoms with E-state index in [4.69, 9.17) is 15.2 Å². The van der Waals surface area contributed by atoms with Crippen molar-refractivity contribution in [2.45, 2.75) is 13.0 Å². The molecule has 0 spiro atoms. The highest BCUT2D eigenvalue weighted by molar-refractivity contribution is 5.64. The van der Waals surface area contributed by atoms with Crippen LogP contribution in [0.15, 0.2) is 18.2 Å². The monoisotopic (exact) mass is 275 g/mol. The summed E-state index contributed by atoms with van der Waals surface area (Å²) in [4.78, 5) is 0. The third-order valence-electron chi connectivity index (χ3n) is 3.41. The summed E-state index contributed by atoms with van der Waals surface area (Å²) in [5.74, 6) is 1.85. The maximum absolute atomic E-state index is 5.88. The molecule has 1 aromatic heterocycles. The van der Waals surface area contributed by atoms with Crippen LogP contribution in [0.1, 0.15) is 6.42 Å². The third-order valence-corrected chi connectivity index (χ3v) is 3.41. The van der Waals surface area contributed by atoms with Gasteiger partial charge in [-0.25, -0.2) is 4.68 Å². The lowest BCUT2D eigenvalue weighted by Gasteiger charge is -2.10. The maximum atomic E-state index is 5.88. The molecule has 0 aliphatic carbocycles. The van der Waals surface area contributed by atoms with Gasteiger partial charge in [0.2, 0.25) is 0 Å². The van der Waals surface area contributed by atoms with E-state index in [2.05, 4.69) is 15.5 Å². The Morgan fingerprint density at radius 3 is 3.10 bits per heavy atom. The lowest BCUT2D eigenvalue weighted by atomic mass is 10.1. The molecular weight excluding hydrogens is 258 g/mol. The van der Waals surface area contributed by atoms with Gasteiger partial charge in [-0.2, -0.15) is 0 Å². The second-order valence-corrected chi connectivity index (χ2v) is 4.91. The van der Waals surface area contributed by atoms with Gasteiger partial charge in [0.1, 0.15) is 5.75 Å². The van der Waals surface area contributed by atoms with Crippen LogP contribution in [-0.2, 0) is 11.3 Å². The number of nitrogens with two attached hydrogens (primary N) is 1. The van der Waals surface area contributed by atoms with E-state index in [-0.39, 0.29) is 0 Å². The van der Waals surface area contributed by atoms with Crippen molar-refractivity contribution in [2.75, 3.05) is 26.1 Å². The highest BCUT2D eigenvalue weighted by Crippen LogP contribution is 2.26. The zero-order valence-electron chi connectivity index (χ0n) is 11.3. The van der Waals surface area contributed by atoms with E-state index in [0.29, 0.717) is 23.2 Å². The molecule has 1 aliphatic heterocycles. The normalized spacial score (nSPS) is 18.4. The van der Waals surface area contributed by atoms with Gasteiger partial charge in [-0.3, -0.25) is 0 Å². The molecule has 1 fully saturated rings. The standard InChI is InChI=1S/C13H17N5O2/c1-19-12-5-10(4-11(14)6-12)13-15-16-17-18(13)7-9-2-3-20-8-9/h4-6,9H,2-3,7-8,14H2,1H3. The van der Waals surface area contributed by atoms with Crippen LogP contribution in [-0.4, -0.2) is 40.5 Å². The van der Waals surface area contributed by atoms with Crippen LogP contribution in [0.5, 0.6) is 5.75 Å². The van der Waals surface area contributed by atoms with Crippen LogP contribution in [0, 0.1) is 5.92 Å². The van der Waals surface area contributed by atoms with E-state index >= 15 is 0 Å². The van der Waals surface area contributed by atoms with Gasteiger partial charge in [0, 0.05) is 29.8 Å². The molecule has 1 unspecified atom stereocenters. The molecule has 7 heteroatoms. The van der Waals surface area contributed by atoms with E-state index in [9.17, 15) is 0 Å². The van der Waals surface area contributed by atoms with Crippen molar-refractivity contribution in [3.8, 4) is 17.1 Å². The van der Waals surface area contributed by atoms with Crippen molar-refractivity contribution in [3.63, 3.8) is 0 Å². The van der Waals surface area contributed by atoms with Gasteiger partial charge in [-0.1, -0.05) is 0 Å². The Hall–Kier alpha value is -2.15. The van der Waals surface area contributed by atoms with Crippen LogP contribution in [0.4, 0.5) is 5.69 Å². The summed E-state index contributed by atoms with van der Waals surface area (Å²) in [6, 6.07) is 5.49. The van der Waals surface area contributed by atoms with Crippen molar-refractivity contribution in [1.82, 2.24) is 20.2 Å². The van der Waals surface area contributed by atoms with E-state index in [1.54, 1.807) is 17.9 Å². The molecular formula is C13H17N5O2. The van der Waals surface area contributed by atoms with Crippen LogP contribution in [0.25, 0.3) is 11.4 Å². The first-order chi connectivity index (χ1) is 9.76. The van der Waals surface area contributed by atoms with Gasteiger partial charge in [-0.05, 0) is 29.0 Å². The van der Waals surface area contributed by atoms with Gasteiger partial charge < -0.3 is 15.2 Å². The molecule has 106 valence electrons. The van der Waals surface area contributed by atoms with Crippen LogP contribution in [0.2, 0.25) is 0 Å². The molecule has 2 heterocycles. The fourth-order valence-corrected chi connectivity index (χ4v) is 2.38. The van der Waals surface area contributed by atoms with Crippen LogP contribution < -0.4 is 10.5 Å². The summed E-state index contributed by atoms with van der Waals surface area (Å²) in [5, 5.41) is 11.9. The number of hydrogen-bond acceptors (Lipinski definition) is 6. The molecule has 2 N–H and O–H groups in total. The number of nitrogens with zero attached hydrogens (tertiary/aromatic N) is 4. The Labute approximate surface area is 116 Å². The number of ether oxygens (including phenoxy) is 2. The fraction of sp³-hybridized carbons (Fsp3) is 0.462. The first kappa shape index (κ1) is 12.9. The molecule has 20 heavy (non-hydrogen) atoms. The Bertz CT molecular complexity index is 592. The van der Waals surface area contributed by atoms with Gasteiger partial charge in [0.25, 0.3) is 0 Å². The maximum Gasteiger partial charge on any atom is 0.182 e. The molecule has 0 radical (unpaired) electrons. The SMILES string of the molecule is COc1cc(N)cc(-c2nnnn2CC2CCOC2)c1. The van der Waals surface area contributed by atoms with Gasteiger partial charge >= 0.3 is 0 Å². The predicted molar refractivity (Wildman–Crippen MR) is 73.1 cm³/mol. The molecule has 2 aromatic rings. The van der Waals surface area contributed by atoms with E-state index < -0.39 is 0 Å². The van der Waals surface area contributed by atoms with E-state index in [1.807, 2.05) is 12.1 Å². The second kappa shape index (κ2) is 5.46. The van der Waals surface area contributed by atoms with Gasteiger partial charge in [0.05, 0.1) is 20.3 Å². The van der Waals surface area contributed by atoms with E-state index in [0.717, 1.165) is 31.7 Å². The first-order valence-corrected chi connectivity index (χ1v) is 6.55. The van der Waals surface area contributed by atoms with Gasteiger partial charge in [-0.15, -0.1) is 5.10 Å². The Morgan fingerprint density at radius 1 is 1.45 bits per heavy atom. The first-order valence-electron chi connectivity index (χ1n) is 6.55. The topological polar surface area (TPSA) is 88.1 Å². The molecule has 7 nitrogen and oxygen atoms in total. The Morgan fingerprint density at radius 2 is 2.35 bits per heavy atom. The fourth-order valence-electron chi connectivity index (χ4n) is 2.38. The zero-order chi connectivity index (χ0) is 13.9. The number of methoxy groups -OCH3 is 1. The second-order valence-electron chi connectivity index (χ2n) is 4.91. The summed E-state index contributed by atoms with van der Waals surface area (Å²) >= 11 is 0. The molecule has 1 saturated heterocycles. The number of nitrogen functional groups attached to an aromatic ring is 1. The minimum absolute atomic E-state index is 0.459. The molecule has 1 aromatic carbocycles. The smallest absolute Gasteiger partial charge is 0.182 e. The summed E-state index contributed by atoms with van der Waals surface area (Å²) in [6.45, 7) is 2.33. The number of rotatable bonds is 4. The molecule has 0 bridgehead atoms. The summed E-state index contributed by atoms with van der Waals surface area (Å²) < 4.78 is 12.4. The highest BCUT2D eigenvalue weighted by Gasteiger charge is 2.19. The number of benzene rings is 1. The van der Waals surface area contributed by atoms with E-state index in [1.165, 1.54) is 0 Å². The summed E-state index contributed by atoms with van der Waals surface area (Å²) in [7, 11) is 1.61. The summed E-state index contributed by atoms with van der Waals surface area (Å²) in [6.07, 6.45) is 1.04. The zero-order valence-corrected chi connectivity index (χ0v) is 11.3. The lowest BCUT2D eigenvalue weighted by Crippen LogP contribution is -2.13. The lowest BCUT2D eigenvalue weighted by molar-refractivity contribution is 0.181. The largest absolute Gasteiger partial charge is 0.497 e. The average molecular weight is 275 g/mol. The minimum Gasteiger partial charge on any atom is -0.497 e. The molecule has 1 aliphatic rings. The molecule has 0 amide bonds. The molecule has 0 saturated carbocycles. The van der Waals surface area contributed by atoms with Crippen molar-refractivity contribution in [2.24, 2.45) is 5.92 Å². The average Bonchev–Trinajstić information content (AvgIpc) is 3.10. The number of aromatic nitrogens is 4. The van der Waals surface area contributed by atoms with Crippen molar-refractivity contribution in [3.05, 3.63) is 18.2 Å². The summed E-state index contributed by atoms with van der Waals surface area (Å²) in [5.41, 5.74) is 7.35. The number of tetrazole rings is 1. The van der Waals surface area contributed by atoms with Gasteiger partial charge in [0.15, 0.2) is 5.82 Å². The minimum atomic E-state index is 0.459. The third kappa shape index (κ3) is 2.57. The van der Waals surface area contributed by atoms with Crippen molar-refractivity contribution >= 4 is 5.69 Å². The Balaban J connectivity index is 1.90. The highest BCUT2D eigenvalue weighted by atomic mass is 16.5. The van der Waals surface area contributed by atoms with Crippen LogP contribution in [0.3, 0.4) is 0 Å². The number of anilines is 1. The predicted octanol–water partition coefficient (Wildman–Crippen LogP) is 0.967. The van der Waals surface area contributed by atoms with Crippen molar-refractivity contribution in [1.29, 1.82) is 0 Å². The van der Waals surface area contributed by atoms with Crippen molar-refractivity contribution < 1.29 is 9.47 Å². The number of hydrogen-bond donors (Lipinski definition) is 1.